The van der Waals surface area contributed by atoms with Crippen LogP contribution < -0.4 is 10.1 Å². The van der Waals surface area contributed by atoms with Crippen LogP contribution >= 0.6 is 0 Å². The van der Waals surface area contributed by atoms with Crippen molar-refractivity contribution in [3.63, 3.8) is 0 Å². The highest BCUT2D eigenvalue weighted by molar-refractivity contribution is 6.39. The standard InChI is InChI=1S/C18H24N4O3/c1-21-17(23)10-9-16(20-21)18(24)22-11-3-4-14(12-22)19-13-5-7-15(25-2)8-6-13/h5-8,14,19H,3-4,9-12H2,1-2H3. The van der Waals surface area contributed by atoms with Gasteiger partial charge in [0.1, 0.15) is 11.5 Å². The molecule has 2 heterocycles. The summed E-state index contributed by atoms with van der Waals surface area (Å²) in [5.41, 5.74) is 1.49. The van der Waals surface area contributed by atoms with E-state index in [2.05, 4.69) is 10.4 Å². The van der Waals surface area contributed by atoms with Gasteiger partial charge in [0.25, 0.3) is 5.91 Å². The predicted octanol–water partition coefficient (Wildman–Crippen LogP) is 1.71. The van der Waals surface area contributed by atoms with Crippen LogP contribution in [0.4, 0.5) is 5.69 Å². The Morgan fingerprint density at radius 1 is 1.28 bits per heavy atom. The van der Waals surface area contributed by atoms with Gasteiger partial charge in [0.2, 0.25) is 5.91 Å². The third kappa shape index (κ3) is 4.10. The van der Waals surface area contributed by atoms with Gasteiger partial charge >= 0.3 is 0 Å². The zero-order chi connectivity index (χ0) is 17.8. The van der Waals surface area contributed by atoms with Crippen LogP contribution in [-0.4, -0.2) is 60.7 Å². The van der Waals surface area contributed by atoms with E-state index in [4.69, 9.17) is 4.74 Å². The molecule has 1 N–H and O–H groups in total. The number of hydrogen-bond donors (Lipinski definition) is 1. The van der Waals surface area contributed by atoms with Crippen molar-refractivity contribution in [2.45, 2.75) is 31.7 Å². The van der Waals surface area contributed by atoms with Crippen molar-refractivity contribution in [3.8, 4) is 5.75 Å². The Kier molecular flexibility index (Phi) is 5.21. The molecule has 1 saturated heterocycles. The van der Waals surface area contributed by atoms with Gasteiger partial charge in [0.15, 0.2) is 0 Å². The Morgan fingerprint density at radius 3 is 2.72 bits per heavy atom. The molecule has 0 spiro atoms. The monoisotopic (exact) mass is 344 g/mol. The topological polar surface area (TPSA) is 74.2 Å². The van der Waals surface area contributed by atoms with Gasteiger partial charge < -0.3 is 15.0 Å². The Bertz CT molecular complexity index is 671. The van der Waals surface area contributed by atoms with Gasteiger partial charge in [-0.2, -0.15) is 5.10 Å². The minimum Gasteiger partial charge on any atom is -0.497 e. The highest BCUT2D eigenvalue weighted by Gasteiger charge is 2.29. The molecule has 2 aliphatic rings. The van der Waals surface area contributed by atoms with Gasteiger partial charge in [-0.05, 0) is 37.1 Å². The molecule has 7 heteroatoms. The molecule has 7 nitrogen and oxygen atoms in total. The normalized spacial score (nSPS) is 21.0. The number of likely N-dealkylation sites (tertiary alicyclic amines) is 1. The Morgan fingerprint density at radius 2 is 2.04 bits per heavy atom. The molecule has 2 aliphatic heterocycles. The molecule has 0 radical (unpaired) electrons. The van der Waals surface area contributed by atoms with Crippen LogP contribution in [0.2, 0.25) is 0 Å². The average Bonchev–Trinajstić information content (AvgIpc) is 2.64. The van der Waals surface area contributed by atoms with Gasteiger partial charge in [0, 0.05) is 44.7 Å². The van der Waals surface area contributed by atoms with Crippen LogP contribution in [0, 0.1) is 0 Å². The van der Waals surface area contributed by atoms with Gasteiger partial charge in [-0.25, -0.2) is 5.01 Å². The van der Waals surface area contributed by atoms with Crippen molar-refractivity contribution in [2.75, 3.05) is 32.6 Å². The lowest BCUT2D eigenvalue weighted by atomic mass is 10.0. The number of carbonyl (C=O) groups is 2. The van der Waals surface area contributed by atoms with Crippen LogP contribution in [0.3, 0.4) is 0 Å². The Labute approximate surface area is 147 Å². The zero-order valence-electron chi connectivity index (χ0n) is 14.7. The number of carbonyl (C=O) groups excluding carboxylic acids is 2. The van der Waals surface area contributed by atoms with Crippen molar-refractivity contribution in [1.82, 2.24) is 9.91 Å². The number of anilines is 1. The minimum atomic E-state index is -0.0550. The van der Waals surface area contributed by atoms with E-state index in [0.29, 0.717) is 25.1 Å². The van der Waals surface area contributed by atoms with Crippen LogP contribution in [0.1, 0.15) is 25.7 Å². The lowest BCUT2D eigenvalue weighted by molar-refractivity contribution is -0.130. The van der Waals surface area contributed by atoms with Crippen LogP contribution in [0.15, 0.2) is 29.4 Å². The number of piperidine rings is 1. The van der Waals surface area contributed by atoms with E-state index in [1.54, 1.807) is 14.2 Å². The van der Waals surface area contributed by atoms with E-state index in [-0.39, 0.29) is 17.9 Å². The maximum Gasteiger partial charge on any atom is 0.270 e. The summed E-state index contributed by atoms with van der Waals surface area (Å²) in [5, 5.41) is 8.89. The summed E-state index contributed by atoms with van der Waals surface area (Å²) in [5.74, 6) is 0.717. The van der Waals surface area contributed by atoms with Gasteiger partial charge in [0.05, 0.1) is 7.11 Å². The van der Waals surface area contributed by atoms with Crippen molar-refractivity contribution in [2.24, 2.45) is 5.10 Å². The zero-order valence-corrected chi connectivity index (χ0v) is 14.7. The molecule has 1 unspecified atom stereocenters. The molecule has 0 bridgehead atoms. The molecular formula is C18H24N4O3. The molecule has 1 aromatic rings. The highest BCUT2D eigenvalue weighted by Crippen LogP contribution is 2.20. The molecule has 1 atom stereocenters. The van der Waals surface area contributed by atoms with Gasteiger partial charge in [-0.3, -0.25) is 9.59 Å². The first-order valence-corrected chi connectivity index (χ1v) is 8.60. The Balaban J connectivity index is 1.61. The van der Waals surface area contributed by atoms with E-state index in [9.17, 15) is 9.59 Å². The maximum absolute atomic E-state index is 12.7. The molecule has 25 heavy (non-hydrogen) atoms. The third-order valence-electron chi connectivity index (χ3n) is 4.62. The number of hydrogen-bond acceptors (Lipinski definition) is 5. The van der Waals surface area contributed by atoms with Crippen LogP contribution in [0.25, 0.3) is 0 Å². The molecule has 0 aliphatic carbocycles. The molecule has 2 amide bonds. The maximum atomic E-state index is 12.7. The van der Waals surface area contributed by atoms with Crippen molar-refractivity contribution >= 4 is 23.2 Å². The van der Waals surface area contributed by atoms with Crippen LogP contribution in [-0.2, 0) is 9.59 Å². The molecule has 0 saturated carbocycles. The summed E-state index contributed by atoms with van der Waals surface area (Å²) in [4.78, 5) is 26.1. The number of hydrazone groups is 1. The first-order chi connectivity index (χ1) is 12.1. The smallest absolute Gasteiger partial charge is 0.270 e. The van der Waals surface area contributed by atoms with E-state index in [1.807, 2.05) is 29.2 Å². The van der Waals surface area contributed by atoms with Crippen LogP contribution in [0.5, 0.6) is 5.75 Å². The number of nitrogens with zero attached hydrogens (tertiary/aromatic N) is 3. The molecule has 3 rings (SSSR count). The number of methoxy groups -OCH3 is 1. The third-order valence-corrected chi connectivity index (χ3v) is 4.62. The SMILES string of the molecule is COc1ccc(NC2CCCN(C(=O)C3=NN(C)C(=O)CC3)C2)cc1. The lowest BCUT2D eigenvalue weighted by Crippen LogP contribution is -2.48. The summed E-state index contributed by atoms with van der Waals surface area (Å²) in [6, 6.07) is 7.99. The van der Waals surface area contributed by atoms with E-state index < -0.39 is 0 Å². The first-order valence-electron chi connectivity index (χ1n) is 8.60. The molecule has 1 fully saturated rings. The molecule has 0 aromatic heterocycles. The minimum absolute atomic E-state index is 0.0470. The van der Waals surface area contributed by atoms with Crippen molar-refractivity contribution in [1.29, 1.82) is 0 Å². The summed E-state index contributed by atoms with van der Waals surface area (Å²) >= 11 is 0. The van der Waals surface area contributed by atoms with Crippen molar-refractivity contribution < 1.29 is 14.3 Å². The summed E-state index contributed by atoms with van der Waals surface area (Å²) in [7, 11) is 3.24. The quantitative estimate of drug-likeness (QED) is 0.902. The number of ether oxygens (including phenoxy) is 1. The summed E-state index contributed by atoms with van der Waals surface area (Å²) < 4.78 is 5.17. The fourth-order valence-corrected chi connectivity index (χ4v) is 3.21. The largest absolute Gasteiger partial charge is 0.497 e. The number of amides is 2. The molecule has 1 aromatic carbocycles. The van der Waals surface area contributed by atoms with Gasteiger partial charge in [-0.1, -0.05) is 0 Å². The van der Waals surface area contributed by atoms with Gasteiger partial charge in [-0.15, -0.1) is 0 Å². The fourth-order valence-electron chi connectivity index (χ4n) is 3.21. The number of nitrogens with one attached hydrogen (secondary N) is 1. The molecular weight excluding hydrogens is 320 g/mol. The summed E-state index contributed by atoms with van der Waals surface area (Å²) in [6.45, 7) is 1.37. The number of benzene rings is 1. The van der Waals surface area contributed by atoms with E-state index in [0.717, 1.165) is 30.8 Å². The fraction of sp³-hybridized carbons (Fsp3) is 0.500. The molecule has 134 valence electrons. The summed E-state index contributed by atoms with van der Waals surface area (Å²) in [6.07, 6.45) is 2.74. The van der Waals surface area contributed by atoms with E-state index in [1.165, 1.54) is 5.01 Å². The first kappa shape index (κ1) is 17.3. The average molecular weight is 344 g/mol. The second-order valence-corrected chi connectivity index (χ2v) is 6.43. The highest BCUT2D eigenvalue weighted by atomic mass is 16.5. The second kappa shape index (κ2) is 7.55. The number of rotatable bonds is 4. The van der Waals surface area contributed by atoms with E-state index >= 15 is 0 Å². The van der Waals surface area contributed by atoms with Crippen molar-refractivity contribution in [3.05, 3.63) is 24.3 Å². The second-order valence-electron chi connectivity index (χ2n) is 6.43. The Hall–Kier alpha value is -2.57. The lowest BCUT2D eigenvalue weighted by Gasteiger charge is -2.34. The predicted molar refractivity (Wildman–Crippen MR) is 95.7 cm³/mol.